The van der Waals surface area contributed by atoms with E-state index in [1.165, 1.54) is 20.1 Å². The van der Waals surface area contributed by atoms with E-state index >= 15 is 0 Å². The van der Waals surface area contributed by atoms with Gasteiger partial charge in [0.1, 0.15) is 0 Å². The molecule has 0 bridgehead atoms. The van der Waals surface area contributed by atoms with Gasteiger partial charge in [-0.25, -0.2) is 4.79 Å². The molecule has 0 fully saturated rings. The third-order valence-electron chi connectivity index (χ3n) is 2.45. The SMILES string of the molecule is COC(=O)c1cc(C=CCN)cc([N+](=O)[O-])c1C. The van der Waals surface area contributed by atoms with Gasteiger partial charge in [-0.2, -0.15) is 0 Å². The molecule has 1 aromatic rings. The lowest BCUT2D eigenvalue weighted by Crippen LogP contribution is -2.06. The van der Waals surface area contributed by atoms with Gasteiger partial charge in [0.2, 0.25) is 0 Å². The minimum Gasteiger partial charge on any atom is -0.465 e. The first-order valence-electron chi connectivity index (χ1n) is 5.25. The minimum absolute atomic E-state index is 0.116. The number of hydrogen-bond donors (Lipinski definition) is 1. The van der Waals surface area contributed by atoms with E-state index in [-0.39, 0.29) is 16.8 Å². The molecule has 0 aromatic heterocycles. The van der Waals surface area contributed by atoms with Crippen molar-refractivity contribution in [3.05, 3.63) is 45.0 Å². The Morgan fingerprint density at radius 2 is 2.22 bits per heavy atom. The highest BCUT2D eigenvalue weighted by atomic mass is 16.6. The third kappa shape index (κ3) is 2.92. The average molecular weight is 250 g/mol. The number of carbonyl (C=O) groups excluding carboxylic acids is 1. The van der Waals surface area contributed by atoms with E-state index in [4.69, 9.17) is 5.73 Å². The summed E-state index contributed by atoms with van der Waals surface area (Å²) in [7, 11) is 1.23. The van der Waals surface area contributed by atoms with Gasteiger partial charge in [0.15, 0.2) is 0 Å². The summed E-state index contributed by atoms with van der Waals surface area (Å²) in [6.45, 7) is 1.83. The topological polar surface area (TPSA) is 95.5 Å². The molecular formula is C12H14N2O4. The average Bonchev–Trinajstić information content (AvgIpc) is 2.36. The second-order valence-corrected chi connectivity index (χ2v) is 3.60. The molecule has 0 unspecified atom stereocenters. The number of nitrogens with two attached hydrogens (primary N) is 1. The van der Waals surface area contributed by atoms with Crippen LogP contribution in [0.4, 0.5) is 5.69 Å². The largest absolute Gasteiger partial charge is 0.465 e. The van der Waals surface area contributed by atoms with Crippen LogP contribution in [0.15, 0.2) is 18.2 Å². The Hall–Kier alpha value is -2.21. The fourth-order valence-electron chi connectivity index (χ4n) is 1.53. The van der Waals surface area contributed by atoms with Crippen LogP contribution in [0.3, 0.4) is 0 Å². The van der Waals surface area contributed by atoms with Gasteiger partial charge in [-0.1, -0.05) is 12.2 Å². The molecule has 0 atom stereocenters. The van der Waals surface area contributed by atoms with Gasteiger partial charge in [0.25, 0.3) is 5.69 Å². The first kappa shape index (κ1) is 13.9. The van der Waals surface area contributed by atoms with E-state index in [1.807, 2.05) is 0 Å². The van der Waals surface area contributed by atoms with Crippen LogP contribution in [0.2, 0.25) is 0 Å². The van der Waals surface area contributed by atoms with Crippen LogP contribution in [0.25, 0.3) is 6.08 Å². The highest BCUT2D eigenvalue weighted by molar-refractivity contribution is 5.93. The quantitative estimate of drug-likeness (QED) is 0.498. The van der Waals surface area contributed by atoms with Crippen molar-refractivity contribution < 1.29 is 14.5 Å². The number of esters is 1. The maximum Gasteiger partial charge on any atom is 0.338 e. The molecule has 0 aliphatic heterocycles. The zero-order chi connectivity index (χ0) is 13.7. The molecule has 1 rings (SSSR count). The fraction of sp³-hybridized carbons (Fsp3) is 0.250. The van der Waals surface area contributed by atoms with Crippen molar-refractivity contribution in [2.75, 3.05) is 13.7 Å². The van der Waals surface area contributed by atoms with Gasteiger partial charge < -0.3 is 10.5 Å². The lowest BCUT2D eigenvalue weighted by molar-refractivity contribution is -0.385. The monoisotopic (exact) mass is 250 g/mol. The molecule has 1 aromatic carbocycles. The molecule has 6 nitrogen and oxygen atoms in total. The molecule has 0 radical (unpaired) electrons. The van der Waals surface area contributed by atoms with Crippen LogP contribution < -0.4 is 5.73 Å². The first-order chi connectivity index (χ1) is 8.51. The van der Waals surface area contributed by atoms with E-state index in [2.05, 4.69) is 4.74 Å². The van der Waals surface area contributed by atoms with E-state index < -0.39 is 10.9 Å². The Morgan fingerprint density at radius 3 is 2.72 bits per heavy atom. The normalized spacial score (nSPS) is 10.6. The Labute approximate surface area is 104 Å². The van der Waals surface area contributed by atoms with Crippen LogP contribution in [0.1, 0.15) is 21.5 Å². The van der Waals surface area contributed by atoms with E-state index in [0.29, 0.717) is 12.1 Å². The number of methoxy groups -OCH3 is 1. The van der Waals surface area contributed by atoms with Crippen molar-refractivity contribution in [1.82, 2.24) is 0 Å². The fourth-order valence-corrected chi connectivity index (χ4v) is 1.53. The van der Waals surface area contributed by atoms with E-state index in [1.54, 1.807) is 18.2 Å². The number of rotatable bonds is 4. The Bertz CT molecular complexity index is 509. The van der Waals surface area contributed by atoms with Gasteiger partial charge in [-0.15, -0.1) is 0 Å². The summed E-state index contributed by atoms with van der Waals surface area (Å²) in [4.78, 5) is 21.9. The second-order valence-electron chi connectivity index (χ2n) is 3.60. The summed E-state index contributed by atoms with van der Waals surface area (Å²) < 4.78 is 4.60. The molecule has 0 aliphatic carbocycles. The minimum atomic E-state index is -0.599. The summed E-state index contributed by atoms with van der Waals surface area (Å²) in [5.41, 5.74) is 6.21. The maximum absolute atomic E-state index is 11.5. The van der Waals surface area contributed by atoms with Crippen molar-refractivity contribution >= 4 is 17.7 Å². The number of benzene rings is 1. The molecule has 0 amide bonds. The van der Waals surface area contributed by atoms with Crippen LogP contribution in [0, 0.1) is 17.0 Å². The Morgan fingerprint density at radius 1 is 1.56 bits per heavy atom. The lowest BCUT2D eigenvalue weighted by atomic mass is 10.0. The Kier molecular flexibility index (Phi) is 4.56. The number of ether oxygens (including phenoxy) is 1. The lowest BCUT2D eigenvalue weighted by Gasteiger charge is -2.06. The number of carbonyl (C=O) groups is 1. The molecule has 0 aliphatic rings. The molecule has 6 heteroatoms. The summed E-state index contributed by atoms with van der Waals surface area (Å²) in [5.74, 6) is -0.599. The maximum atomic E-state index is 11.5. The van der Waals surface area contributed by atoms with Crippen molar-refractivity contribution in [2.45, 2.75) is 6.92 Å². The van der Waals surface area contributed by atoms with Crippen LogP contribution in [-0.2, 0) is 4.74 Å². The van der Waals surface area contributed by atoms with Crippen LogP contribution in [0.5, 0.6) is 0 Å². The number of nitrogens with zero attached hydrogens (tertiary/aromatic N) is 1. The van der Waals surface area contributed by atoms with Gasteiger partial charge >= 0.3 is 5.97 Å². The van der Waals surface area contributed by atoms with Gasteiger partial charge in [0.05, 0.1) is 17.6 Å². The zero-order valence-corrected chi connectivity index (χ0v) is 10.2. The van der Waals surface area contributed by atoms with E-state index in [9.17, 15) is 14.9 Å². The summed E-state index contributed by atoms with van der Waals surface area (Å²) in [6.07, 6.45) is 3.27. The highest BCUT2D eigenvalue weighted by Gasteiger charge is 2.20. The molecule has 0 heterocycles. The molecule has 0 saturated carbocycles. The van der Waals surface area contributed by atoms with E-state index in [0.717, 1.165) is 0 Å². The highest BCUT2D eigenvalue weighted by Crippen LogP contribution is 2.25. The zero-order valence-electron chi connectivity index (χ0n) is 10.2. The molecule has 18 heavy (non-hydrogen) atoms. The van der Waals surface area contributed by atoms with Crippen molar-refractivity contribution in [3.63, 3.8) is 0 Å². The van der Waals surface area contributed by atoms with Crippen LogP contribution in [-0.4, -0.2) is 24.5 Å². The molecule has 0 saturated heterocycles. The van der Waals surface area contributed by atoms with Gasteiger partial charge in [0, 0.05) is 18.2 Å². The second kappa shape index (κ2) is 5.92. The summed E-state index contributed by atoms with van der Waals surface area (Å²) in [5, 5.41) is 10.9. The van der Waals surface area contributed by atoms with Gasteiger partial charge in [-0.3, -0.25) is 10.1 Å². The van der Waals surface area contributed by atoms with Crippen molar-refractivity contribution in [3.8, 4) is 0 Å². The Balaban J connectivity index is 3.41. The van der Waals surface area contributed by atoms with Crippen LogP contribution >= 0.6 is 0 Å². The number of hydrogen-bond acceptors (Lipinski definition) is 5. The smallest absolute Gasteiger partial charge is 0.338 e. The van der Waals surface area contributed by atoms with Crippen molar-refractivity contribution in [1.29, 1.82) is 0 Å². The third-order valence-corrected chi connectivity index (χ3v) is 2.45. The summed E-state index contributed by atoms with van der Waals surface area (Å²) >= 11 is 0. The standard InChI is InChI=1S/C12H14N2O4/c1-8-10(12(15)18-2)6-9(4-3-5-13)7-11(8)14(16)17/h3-4,6-7H,5,13H2,1-2H3. The summed E-state index contributed by atoms with van der Waals surface area (Å²) in [6, 6.07) is 2.94. The number of nitro groups is 1. The van der Waals surface area contributed by atoms with Gasteiger partial charge in [-0.05, 0) is 18.6 Å². The predicted molar refractivity (Wildman–Crippen MR) is 67.3 cm³/mol. The predicted octanol–water partition coefficient (Wildman–Crippen LogP) is 1.66. The molecular weight excluding hydrogens is 236 g/mol. The first-order valence-corrected chi connectivity index (χ1v) is 5.25. The molecule has 2 N–H and O–H groups in total. The van der Waals surface area contributed by atoms with Crippen molar-refractivity contribution in [2.24, 2.45) is 5.73 Å². The molecule has 96 valence electrons. The molecule has 0 spiro atoms. The number of nitro benzene ring substituents is 1.